The van der Waals surface area contributed by atoms with Crippen molar-refractivity contribution in [2.75, 3.05) is 32.1 Å². The van der Waals surface area contributed by atoms with Gasteiger partial charge < -0.3 is 14.5 Å². The molecule has 2 rings (SSSR count). The molecule has 2 aromatic carbocycles. The summed E-state index contributed by atoms with van der Waals surface area (Å²) < 4.78 is 5.14. The van der Waals surface area contributed by atoms with Gasteiger partial charge in [-0.1, -0.05) is 42.5 Å². The number of carbonyl (C=O) groups is 2. The van der Waals surface area contributed by atoms with Crippen LogP contribution in [-0.4, -0.2) is 44.0 Å². The van der Waals surface area contributed by atoms with Gasteiger partial charge in [-0.2, -0.15) is 0 Å². The predicted octanol–water partition coefficient (Wildman–Crippen LogP) is 2.96. The molecule has 1 amide bonds. The second-order valence-electron chi connectivity index (χ2n) is 5.94. The molecular formula is C20H24N2O3. The normalized spacial score (nSPS) is 10.6. The van der Waals surface area contributed by atoms with Crippen molar-refractivity contribution in [2.45, 2.75) is 13.5 Å². The first-order valence-corrected chi connectivity index (χ1v) is 8.28. The summed E-state index contributed by atoms with van der Waals surface area (Å²) in [4.78, 5) is 28.6. The molecule has 5 heteroatoms. The molecule has 0 radical (unpaired) electrons. The molecule has 5 nitrogen and oxygen atoms in total. The molecule has 0 heterocycles. The number of ether oxygens (including phenoxy) is 1. The number of esters is 1. The molecule has 0 saturated carbocycles. The monoisotopic (exact) mass is 340 g/mol. The molecule has 2 aromatic rings. The van der Waals surface area contributed by atoms with Gasteiger partial charge in [-0.3, -0.25) is 4.79 Å². The summed E-state index contributed by atoms with van der Waals surface area (Å²) in [6, 6.07) is 16.8. The van der Waals surface area contributed by atoms with Crippen molar-refractivity contribution in [2.24, 2.45) is 0 Å². The number of hydrogen-bond donors (Lipinski definition) is 0. The highest BCUT2D eigenvalue weighted by Crippen LogP contribution is 2.24. The Labute approximate surface area is 148 Å². The van der Waals surface area contributed by atoms with E-state index in [1.54, 1.807) is 30.0 Å². The van der Waals surface area contributed by atoms with Gasteiger partial charge in [0, 0.05) is 0 Å². The third-order valence-corrected chi connectivity index (χ3v) is 3.63. The lowest BCUT2D eigenvalue weighted by atomic mass is 10.1. The Morgan fingerprint density at radius 3 is 2.24 bits per heavy atom. The van der Waals surface area contributed by atoms with E-state index in [0.717, 1.165) is 5.56 Å². The Morgan fingerprint density at radius 1 is 0.960 bits per heavy atom. The van der Waals surface area contributed by atoms with Crippen molar-refractivity contribution in [1.82, 2.24) is 4.90 Å². The van der Waals surface area contributed by atoms with Crippen LogP contribution in [0.15, 0.2) is 54.6 Å². The summed E-state index contributed by atoms with van der Waals surface area (Å²) in [5.41, 5.74) is 1.96. The highest BCUT2D eigenvalue weighted by molar-refractivity contribution is 6.03. The molecule has 0 N–H and O–H groups in total. The maximum Gasteiger partial charge on any atom is 0.340 e. The lowest BCUT2D eigenvalue weighted by molar-refractivity contribution is -0.119. The topological polar surface area (TPSA) is 49.9 Å². The van der Waals surface area contributed by atoms with E-state index in [9.17, 15) is 9.59 Å². The lowest BCUT2D eigenvalue weighted by Gasteiger charge is -2.26. The SMILES string of the molecule is CCOC(=O)c1ccccc1N(Cc1ccccc1)C(=O)CN(C)C. The summed E-state index contributed by atoms with van der Waals surface area (Å²) >= 11 is 0. The largest absolute Gasteiger partial charge is 0.462 e. The molecular weight excluding hydrogens is 316 g/mol. The Morgan fingerprint density at radius 2 is 1.60 bits per heavy atom. The molecule has 132 valence electrons. The minimum Gasteiger partial charge on any atom is -0.462 e. The van der Waals surface area contributed by atoms with E-state index >= 15 is 0 Å². The number of carbonyl (C=O) groups excluding carboxylic acids is 2. The van der Waals surface area contributed by atoms with Crippen molar-refractivity contribution < 1.29 is 14.3 Å². The fraction of sp³-hybridized carbons (Fsp3) is 0.300. The van der Waals surface area contributed by atoms with E-state index in [2.05, 4.69) is 0 Å². The van der Waals surface area contributed by atoms with Gasteiger partial charge in [0.25, 0.3) is 0 Å². The van der Waals surface area contributed by atoms with E-state index in [-0.39, 0.29) is 19.1 Å². The van der Waals surface area contributed by atoms with Crippen LogP contribution in [0.2, 0.25) is 0 Å². The van der Waals surface area contributed by atoms with Crippen LogP contribution in [-0.2, 0) is 16.1 Å². The number of benzene rings is 2. The summed E-state index contributed by atoms with van der Waals surface area (Å²) in [6.45, 7) is 2.70. The van der Waals surface area contributed by atoms with Crippen molar-refractivity contribution in [3.63, 3.8) is 0 Å². The summed E-state index contributed by atoms with van der Waals surface area (Å²) in [7, 11) is 3.69. The van der Waals surface area contributed by atoms with Crippen molar-refractivity contribution >= 4 is 17.6 Å². The highest BCUT2D eigenvalue weighted by Gasteiger charge is 2.22. The lowest BCUT2D eigenvalue weighted by Crippen LogP contribution is -2.38. The molecule has 0 aromatic heterocycles. The van der Waals surface area contributed by atoms with Crippen molar-refractivity contribution in [3.8, 4) is 0 Å². The van der Waals surface area contributed by atoms with Gasteiger partial charge in [-0.15, -0.1) is 0 Å². The maximum atomic E-state index is 12.8. The third-order valence-electron chi connectivity index (χ3n) is 3.63. The Balaban J connectivity index is 2.41. The number of hydrogen-bond acceptors (Lipinski definition) is 4. The van der Waals surface area contributed by atoms with E-state index in [1.807, 2.05) is 55.4 Å². The first-order chi connectivity index (χ1) is 12.0. The number of amides is 1. The van der Waals surface area contributed by atoms with Gasteiger partial charge in [-0.25, -0.2) is 4.79 Å². The third kappa shape index (κ3) is 5.16. The van der Waals surface area contributed by atoms with Gasteiger partial charge in [0.2, 0.25) is 5.91 Å². The molecule has 0 fully saturated rings. The predicted molar refractivity (Wildman–Crippen MR) is 98.6 cm³/mol. The average Bonchev–Trinajstić information content (AvgIpc) is 2.60. The van der Waals surface area contributed by atoms with Gasteiger partial charge in [-0.05, 0) is 38.7 Å². The second kappa shape index (κ2) is 8.99. The standard InChI is InChI=1S/C20H24N2O3/c1-4-25-20(24)17-12-8-9-13-18(17)22(19(23)15-21(2)3)14-16-10-6-5-7-11-16/h5-13H,4,14-15H2,1-3H3. The average molecular weight is 340 g/mol. The molecule has 0 saturated heterocycles. The maximum absolute atomic E-state index is 12.8. The van der Waals surface area contributed by atoms with Crippen LogP contribution in [0, 0.1) is 0 Å². The molecule has 0 bridgehead atoms. The summed E-state index contributed by atoms with van der Waals surface area (Å²) in [5, 5.41) is 0. The first kappa shape index (κ1) is 18.7. The van der Waals surface area contributed by atoms with Crippen LogP contribution in [0.5, 0.6) is 0 Å². The van der Waals surface area contributed by atoms with Gasteiger partial charge in [0.15, 0.2) is 0 Å². The Bertz CT molecular complexity index is 714. The van der Waals surface area contributed by atoms with Crippen LogP contribution < -0.4 is 4.90 Å². The van der Waals surface area contributed by atoms with E-state index in [1.165, 1.54) is 0 Å². The molecule has 0 aliphatic carbocycles. The number of rotatable bonds is 7. The summed E-state index contributed by atoms with van der Waals surface area (Å²) in [5.74, 6) is -0.501. The smallest absolute Gasteiger partial charge is 0.340 e. The van der Waals surface area contributed by atoms with Crippen molar-refractivity contribution in [1.29, 1.82) is 0 Å². The molecule has 0 unspecified atom stereocenters. The fourth-order valence-corrected chi connectivity index (χ4v) is 2.52. The van der Waals surface area contributed by atoms with Gasteiger partial charge in [0.1, 0.15) is 0 Å². The molecule has 0 atom stereocenters. The van der Waals surface area contributed by atoms with Crippen LogP contribution in [0.4, 0.5) is 5.69 Å². The van der Waals surface area contributed by atoms with Crippen LogP contribution in [0.3, 0.4) is 0 Å². The second-order valence-corrected chi connectivity index (χ2v) is 5.94. The summed E-state index contributed by atoms with van der Waals surface area (Å²) in [6.07, 6.45) is 0. The molecule has 0 spiro atoms. The minimum absolute atomic E-state index is 0.0781. The minimum atomic E-state index is -0.422. The van der Waals surface area contributed by atoms with Crippen LogP contribution in [0.1, 0.15) is 22.8 Å². The highest BCUT2D eigenvalue weighted by atomic mass is 16.5. The van der Waals surface area contributed by atoms with E-state index in [4.69, 9.17) is 4.74 Å². The molecule has 0 aliphatic rings. The van der Waals surface area contributed by atoms with E-state index in [0.29, 0.717) is 17.8 Å². The van der Waals surface area contributed by atoms with Crippen molar-refractivity contribution in [3.05, 3.63) is 65.7 Å². The zero-order valence-corrected chi connectivity index (χ0v) is 14.9. The number of para-hydroxylation sites is 1. The Kier molecular flexibility index (Phi) is 6.71. The quantitative estimate of drug-likeness (QED) is 0.727. The Hall–Kier alpha value is -2.66. The molecule has 0 aliphatic heterocycles. The van der Waals surface area contributed by atoms with Gasteiger partial charge in [0.05, 0.1) is 30.9 Å². The first-order valence-electron chi connectivity index (χ1n) is 8.28. The van der Waals surface area contributed by atoms with Gasteiger partial charge >= 0.3 is 5.97 Å². The number of anilines is 1. The zero-order chi connectivity index (χ0) is 18.2. The molecule has 25 heavy (non-hydrogen) atoms. The number of likely N-dealkylation sites (N-methyl/N-ethyl adjacent to an activating group) is 1. The fourth-order valence-electron chi connectivity index (χ4n) is 2.52. The van der Waals surface area contributed by atoms with Crippen LogP contribution in [0.25, 0.3) is 0 Å². The number of nitrogens with zero attached hydrogens (tertiary/aromatic N) is 2. The van der Waals surface area contributed by atoms with E-state index < -0.39 is 5.97 Å². The van der Waals surface area contributed by atoms with Crippen LogP contribution >= 0.6 is 0 Å². The zero-order valence-electron chi connectivity index (χ0n) is 14.9.